The molecule has 6 heteroatoms. The second-order valence-corrected chi connectivity index (χ2v) is 9.22. The van der Waals surface area contributed by atoms with Crippen molar-refractivity contribution in [1.82, 2.24) is 0 Å². The van der Waals surface area contributed by atoms with Crippen LogP contribution < -0.4 is 9.47 Å². The van der Waals surface area contributed by atoms with Crippen molar-refractivity contribution in [3.05, 3.63) is 59.4 Å². The summed E-state index contributed by atoms with van der Waals surface area (Å²) in [6, 6.07) is 11.1. The van der Waals surface area contributed by atoms with Crippen molar-refractivity contribution in [2.75, 3.05) is 19.8 Å². The number of rotatable bonds is 14. The van der Waals surface area contributed by atoms with Gasteiger partial charge in [0.2, 0.25) is 0 Å². The second kappa shape index (κ2) is 14.8. The molecule has 0 amide bonds. The van der Waals surface area contributed by atoms with E-state index >= 15 is 0 Å². The Morgan fingerprint density at radius 1 is 0.886 bits per heavy atom. The van der Waals surface area contributed by atoms with Gasteiger partial charge < -0.3 is 18.9 Å². The molecule has 0 radical (unpaired) electrons. The molecular weight excluding hydrogens is 447 g/mol. The van der Waals surface area contributed by atoms with Crippen LogP contribution in [0.15, 0.2) is 42.5 Å². The van der Waals surface area contributed by atoms with Crippen LogP contribution in [0.3, 0.4) is 0 Å². The van der Waals surface area contributed by atoms with Gasteiger partial charge in [0.05, 0.1) is 25.4 Å². The fourth-order valence-electron chi connectivity index (χ4n) is 4.08. The predicted octanol–water partition coefficient (Wildman–Crippen LogP) is 7.64. The van der Waals surface area contributed by atoms with Gasteiger partial charge in [-0.1, -0.05) is 64.9 Å². The van der Waals surface area contributed by atoms with Gasteiger partial charge in [0, 0.05) is 11.5 Å². The molecule has 0 bridgehead atoms. The number of hydrogen-bond acceptors (Lipinski definition) is 5. The van der Waals surface area contributed by atoms with Crippen molar-refractivity contribution in [3.63, 3.8) is 0 Å². The van der Waals surface area contributed by atoms with Crippen molar-refractivity contribution >= 4 is 5.97 Å². The number of ether oxygens (including phenoxy) is 4. The zero-order chi connectivity index (χ0) is 24.9. The molecule has 35 heavy (non-hydrogen) atoms. The van der Waals surface area contributed by atoms with E-state index in [0.29, 0.717) is 37.1 Å². The number of carbonyl (C=O) groups is 1. The molecule has 0 saturated carbocycles. The van der Waals surface area contributed by atoms with E-state index in [2.05, 4.69) is 13.8 Å². The first kappa shape index (κ1) is 27.2. The normalized spacial score (nSPS) is 17.8. The average molecular weight is 487 g/mol. The van der Waals surface area contributed by atoms with E-state index in [1.165, 1.54) is 50.3 Å². The summed E-state index contributed by atoms with van der Waals surface area (Å²) in [5, 5.41) is 0. The summed E-state index contributed by atoms with van der Waals surface area (Å²) >= 11 is 0. The van der Waals surface area contributed by atoms with Crippen LogP contribution in [-0.2, 0) is 9.47 Å². The minimum atomic E-state index is -0.748. The molecule has 1 heterocycles. The molecule has 5 nitrogen and oxygen atoms in total. The fraction of sp³-hybridized carbons (Fsp3) is 0.552. The van der Waals surface area contributed by atoms with Crippen LogP contribution in [-0.4, -0.2) is 25.8 Å². The number of benzene rings is 2. The third-order valence-electron chi connectivity index (χ3n) is 6.22. The summed E-state index contributed by atoms with van der Waals surface area (Å²) in [6.07, 6.45) is 9.73. The van der Waals surface area contributed by atoms with Crippen molar-refractivity contribution in [2.24, 2.45) is 5.92 Å². The zero-order valence-electron chi connectivity index (χ0n) is 21.1. The average Bonchev–Trinajstić information content (AvgIpc) is 2.88. The fourth-order valence-corrected chi connectivity index (χ4v) is 4.08. The predicted molar refractivity (Wildman–Crippen MR) is 134 cm³/mol. The van der Waals surface area contributed by atoms with E-state index in [4.69, 9.17) is 18.9 Å². The van der Waals surface area contributed by atoms with Crippen LogP contribution in [0, 0.1) is 11.7 Å². The van der Waals surface area contributed by atoms with Gasteiger partial charge in [0.15, 0.2) is 6.29 Å². The lowest BCUT2D eigenvalue weighted by Crippen LogP contribution is -2.27. The maximum atomic E-state index is 14.8. The molecule has 2 aromatic carbocycles. The maximum Gasteiger partial charge on any atom is 0.343 e. The standard InChI is InChI=1S/C29H39FO5/c1-3-5-7-8-10-18-32-24-13-15-25(16-14-24)35-28(31)23-12-17-26(27(30)19-23)29-33-20-22(21-34-29)11-9-6-4-2/h12-17,19,22,29H,3-11,18,20-21H2,1-2H3. The number of halogens is 1. The van der Waals surface area contributed by atoms with Crippen LogP contribution in [0.5, 0.6) is 11.5 Å². The van der Waals surface area contributed by atoms with E-state index in [1.54, 1.807) is 24.3 Å². The van der Waals surface area contributed by atoms with Crippen molar-refractivity contribution in [1.29, 1.82) is 0 Å². The molecule has 0 spiro atoms. The van der Waals surface area contributed by atoms with Gasteiger partial charge in [0.1, 0.15) is 17.3 Å². The summed E-state index contributed by atoms with van der Waals surface area (Å²) < 4.78 is 37.4. The Hall–Kier alpha value is -2.44. The molecule has 0 atom stereocenters. The van der Waals surface area contributed by atoms with Gasteiger partial charge in [-0.3, -0.25) is 0 Å². The zero-order valence-corrected chi connectivity index (χ0v) is 21.1. The molecule has 1 aliphatic rings. The van der Waals surface area contributed by atoms with Crippen LogP contribution in [0.1, 0.15) is 93.8 Å². The van der Waals surface area contributed by atoms with Gasteiger partial charge in [-0.25, -0.2) is 9.18 Å². The van der Waals surface area contributed by atoms with E-state index in [1.807, 2.05) is 0 Å². The minimum absolute atomic E-state index is 0.131. The monoisotopic (exact) mass is 486 g/mol. The van der Waals surface area contributed by atoms with Gasteiger partial charge in [-0.05, 0) is 49.2 Å². The lowest BCUT2D eigenvalue weighted by atomic mass is 10.0. The molecule has 2 aromatic rings. The van der Waals surface area contributed by atoms with Crippen LogP contribution in [0.4, 0.5) is 4.39 Å². The lowest BCUT2D eigenvalue weighted by Gasteiger charge is -2.29. The Morgan fingerprint density at radius 2 is 1.54 bits per heavy atom. The Balaban J connectivity index is 1.46. The summed E-state index contributed by atoms with van der Waals surface area (Å²) in [5.74, 6) is 0.286. The van der Waals surface area contributed by atoms with E-state index < -0.39 is 18.1 Å². The highest BCUT2D eigenvalue weighted by Crippen LogP contribution is 2.29. The van der Waals surface area contributed by atoms with Crippen LogP contribution in [0.25, 0.3) is 0 Å². The molecular formula is C29H39FO5. The van der Waals surface area contributed by atoms with E-state index in [0.717, 1.165) is 31.4 Å². The lowest BCUT2D eigenvalue weighted by molar-refractivity contribution is -0.207. The maximum absolute atomic E-state index is 14.8. The number of carbonyl (C=O) groups excluding carboxylic acids is 1. The van der Waals surface area contributed by atoms with Gasteiger partial charge >= 0.3 is 5.97 Å². The van der Waals surface area contributed by atoms with Crippen LogP contribution >= 0.6 is 0 Å². The first-order valence-corrected chi connectivity index (χ1v) is 13.1. The molecule has 192 valence electrons. The van der Waals surface area contributed by atoms with Gasteiger partial charge in [-0.2, -0.15) is 0 Å². The van der Waals surface area contributed by atoms with Gasteiger partial charge in [0.25, 0.3) is 0 Å². The minimum Gasteiger partial charge on any atom is -0.494 e. The number of unbranched alkanes of at least 4 members (excludes halogenated alkanes) is 6. The Bertz CT molecular complexity index is 890. The van der Waals surface area contributed by atoms with E-state index in [-0.39, 0.29) is 5.56 Å². The molecule has 0 unspecified atom stereocenters. The molecule has 1 saturated heterocycles. The first-order valence-electron chi connectivity index (χ1n) is 13.1. The summed E-state index contributed by atoms with van der Waals surface area (Å²) in [6.45, 7) is 6.14. The van der Waals surface area contributed by atoms with Crippen molar-refractivity contribution in [3.8, 4) is 11.5 Å². The van der Waals surface area contributed by atoms with E-state index in [9.17, 15) is 9.18 Å². The smallest absolute Gasteiger partial charge is 0.343 e. The third-order valence-corrected chi connectivity index (χ3v) is 6.22. The van der Waals surface area contributed by atoms with Gasteiger partial charge in [-0.15, -0.1) is 0 Å². The number of hydrogen-bond donors (Lipinski definition) is 0. The number of esters is 1. The SMILES string of the molecule is CCCCCCCOc1ccc(OC(=O)c2ccc(C3OCC(CCCCC)CO3)c(F)c2)cc1. The first-order chi connectivity index (χ1) is 17.1. The van der Waals surface area contributed by atoms with Crippen molar-refractivity contribution < 1.29 is 28.1 Å². The Kier molecular flexibility index (Phi) is 11.5. The molecule has 1 fully saturated rings. The quantitative estimate of drug-likeness (QED) is 0.156. The largest absolute Gasteiger partial charge is 0.494 e. The van der Waals surface area contributed by atoms with Crippen LogP contribution in [0.2, 0.25) is 0 Å². The highest BCUT2D eigenvalue weighted by molar-refractivity contribution is 5.91. The highest BCUT2D eigenvalue weighted by Gasteiger charge is 2.26. The summed E-state index contributed by atoms with van der Waals surface area (Å²) in [7, 11) is 0. The summed E-state index contributed by atoms with van der Waals surface area (Å²) in [5.41, 5.74) is 0.427. The highest BCUT2D eigenvalue weighted by atomic mass is 19.1. The van der Waals surface area contributed by atoms with Crippen molar-refractivity contribution in [2.45, 2.75) is 77.9 Å². The third kappa shape index (κ3) is 8.93. The molecule has 0 N–H and O–H groups in total. The Morgan fingerprint density at radius 3 is 2.23 bits per heavy atom. The molecule has 1 aliphatic heterocycles. The molecule has 0 aliphatic carbocycles. The second-order valence-electron chi connectivity index (χ2n) is 9.22. The molecule has 3 rings (SSSR count). The Labute approximate surface area is 208 Å². The summed E-state index contributed by atoms with van der Waals surface area (Å²) in [4.78, 5) is 12.5. The molecule has 0 aromatic heterocycles. The topological polar surface area (TPSA) is 54.0 Å².